The molecule has 18 heavy (non-hydrogen) atoms. The third-order valence-corrected chi connectivity index (χ3v) is 1.98. The SMILES string of the molecule is CC(=O)Cc1cnccc1NC(=O)OC(C)(C)C. The molecule has 0 aliphatic carbocycles. The minimum atomic E-state index is -0.558. The summed E-state index contributed by atoms with van der Waals surface area (Å²) in [7, 11) is 0. The molecule has 0 saturated carbocycles. The lowest BCUT2D eigenvalue weighted by Crippen LogP contribution is -2.27. The van der Waals surface area contributed by atoms with Gasteiger partial charge in [0, 0.05) is 24.4 Å². The minimum absolute atomic E-state index is 0.00948. The lowest BCUT2D eigenvalue weighted by Gasteiger charge is -2.20. The lowest BCUT2D eigenvalue weighted by molar-refractivity contribution is -0.116. The van der Waals surface area contributed by atoms with Gasteiger partial charge in [0.05, 0.1) is 5.69 Å². The molecular formula is C13H18N2O3. The van der Waals surface area contributed by atoms with E-state index >= 15 is 0 Å². The van der Waals surface area contributed by atoms with Crippen molar-refractivity contribution in [3.05, 3.63) is 24.0 Å². The maximum Gasteiger partial charge on any atom is 0.412 e. The topological polar surface area (TPSA) is 68.3 Å². The highest BCUT2D eigenvalue weighted by atomic mass is 16.6. The van der Waals surface area contributed by atoms with Crippen LogP contribution in [0.25, 0.3) is 0 Å². The first-order valence-electron chi connectivity index (χ1n) is 5.70. The molecular weight excluding hydrogens is 232 g/mol. The van der Waals surface area contributed by atoms with E-state index in [1.165, 1.54) is 6.92 Å². The van der Waals surface area contributed by atoms with Crippen molar-refractivity contribution in [3.8, 4) is 0 Å². The van der Waals surface area contributed by atoms with E-state index in [0.29, 0.717) is 11.3 Å². The van der Waals surface area contributed by atoms with Gasteiger partial charge in [0.25, 0.3) is 0 Å². The number of anilines is 1. The van der Waals surface area contributed by atoms with Crippen LogP contribution < -0.4 is 5.32 Å². The molecule has 0 radical (unpaired) electrons. The third-order valence-electron chi connectivity index (χ3n) is 1.98. The molecule has 1 rings (SSSR count). The highest BCUT2D eigenvalue weighted by molar-refractivity contribution is 5.88. The molecule has 0 atom stereocenters. The molecule has 1 heterocycles. The summed E-state index contributed by atoms with van der Waals surface area (Å²) in [6.45, 7) is 6.85. The normalized spacial score (nSPS) is 10.9. The number of carbonyl (C=O) groups is 2. The van der Waals surface area contributed by atoms with Gasteiger partial charge in [0.1, 0.15) is 11.4 Å². The predicted molar refractivity (Wildman–Crippen MR) is 68.5 cm³/mol. The fourth-order valence-electron chi connectivity index (χ4n) is 1.37. The highest BCUT2D eigenvalue weighted by Crippen LogP contribution is 2.16. The Morgan fingerprint density at radius 2 is 2.06 bits per heavy atom. The summed E-state index contributed by atoms with van der Waals surface area (Å²) in [6.07, 6.45) is 2.81. The molecule has 1 aromatic heterocycles. The molecule has 0 aliphatic rings. The van der Waals surface area contributed by atoms with Crippen LogP contribution in [-0.2, 0) is 16.0 Å². The van der Waals surface area contributed by atoms with Crippen LogP contribution in [0.2, 0.25) is 0 Å². The first kappa shape index (κ1) is 14.2. The number of hydrogen-bond acceptors (Lipinski definition) is 4. The van der Waals surface area contributed by atoms with Crippen molar-refractivity contribution in [2.24, 2.45) is 0 Å². The van der Waals surface area contributed by atoms with Crippen LogP contribution in [0.15, 0.2) is 18.5 Å². The number of nitrogens with one attached hydrogen (secondary N) is 1. The molecule has 0 aromatic carbocycles. The second-order valence-electron chi connectivity index (χ2n) is 5.04. The van der Waals surface area contributed by atoms with Crippen molar-refractivity contribution in [3.63, 3.8) is 0 Å². The predicted octanol–water partition coefficient (Wildman–Crippen LogP) is 2.56. The van der Waals surface area contributed by atoms with Crippen molar-refractivity contribution in [1.82, 2.24) is 4.98 Å². The Morgan fingerprint density at radius 3 is 2.61 bits per heavy atom. The smallest absolute Gasteiger partial charge is 0.412 e. The van der Waals surface area contributed by atoms with Gasteiger partial charge in [-0.25, -0.2) is 4.79 Å². The van der Waals surface area contributed by atoms with Gasteiger partial charge in [0.15, 0.2) is 0 Å². The van der Waals surface area contributed by atoms with E-state index in [0.717, 1.165) is 0 Å². The fourth-order valence-corrected chi connectivity index (χ4v) is 1.37. The minimum Gasteiger partial charge on any atom is -0.444 e. The van der Waals surface area contributed by atoms with Gasteiger partial charge in [-0.1, -0.05) is 0 Å². The average Bonchev–Trinajstić information content (AvgIpc) is 2.17. The van der Waals surface area contributed by atoms with Gasteiger partial charge < -0.3 is 4.74 Å². The standard InChI is InChI=1S/C13H18N2O3/c1-9(16)7-10-8-14-6-5-11(10)15-12(17)18-13(2,3)4/h5-6,8H,7H2,1-4H3,(H,14,15,17). The van der Waals surface area contributed by atoms with E-state index in [2.05, 4.69) is 10.3 Å². The maximum atomic E-state index is 11.6. The molecule has 1 aromatic rings. The summed E-state index contributed by atoms with van der Waals surface area (Å²) in [5, 5.41) is 2.62. The van der Waals surface area contributed by atoms with E-state index in [-0.39, 0.29) is 12.2 Å². The first-order chi connectivity index (χ1) is 8.28. The zero-order valence-corrected chi connectivity index (χ0v) is 11.1. The van der Waals surface area contributed by atoms with Crippen LogP contribution in [0.1, 0.15) is 33.3 Å². The van der Waals surface area contributed by atoms with Gasteiger partial charge in [0.2, 0.25) is 0 Å². The number of nitrogens with zero attached hydrogens (tertiary/aromatic N) is 1. The van der Waals surface area contributed by atoms with Crippen LogP contribution in [0.5, 0.6) is 0 Å². The Balaban J connectivity index is 2.78. The zero-order chi connectivity index (χ0) is 13.8. The van der Waals surface area contributed by atoms with Crippen molar-refractivity contribution in [2.45, 2.75) is 39.7 Å². The summed E-state index contributed by atoms with van der Waals surface area (Å²) >= 11 is 0. The van der Waals surface area contributed by atoms with Crippen molar-refractivity contribution in [2.75, 3.05) is 5.32 Å². The van der Waals surface area contributed by atoms with Crippen molar-refractivity contribution in [1.29, 1.82) is 0 Å². The average molecular weight is 250 g/mol. The number of amides is 1. The first-order valence-corrected chi connectivity index (χ1v) is 5.70. The van der Waals surface area contributed by atoms with E-state index < -0.39 is 11.7 Å². The third kappa shape index (κ3) is 4.95. The number of pyridine rings is 1. The lowest BCUT2D eigenvalue weighted by atomic mass is 10.1. The van der Waals surface area contributed by atoms with Gasteiger partial charge >= 0.3 is 6.09 Å². The van der Waals surface area contributed by atoms with Gasteiger partial charge in [-0.2, -0.15) is 0 Å². The molecule has 98 valence electrons. The van der Waals surface area contributed by atoms with Crippen LogP contribution in [0.4, 0.5) is 10.5 Å². The van der Waals surface area contributed by atoms with Crippen LogP contribution in [-0.4, -0.2) is 22.5 Å². The largest absolute Gasteiger partial charge is 0.444 e. The number of carbonyl (C=O) groups excluding carboxylic acids is 2. The molecule has 5 heteroatoms. The highest BCUT2D eigenvalue weighted by Gasteiger charge is 2.17. The fraction of sp³-hybridized carbons (Fsp3) is 0.462. The Bertz CT molecular complexity index is 450. The van der Waals surface area contributed by atoms with Crippen LogP contribution in [0, 0.1) is 0 Å². The number of ether oxygens (including phenoxy) is 1. The van der Waals surface area contributed by atoms with Crippen LogP contribution in [0.3, 0.4) is 0 Å². The van der Waals surface area contributed by atoms with E-state index in [1.54, 1.807) is 39.2 Å². The maximum absolute atomic E-state index is 11.6. The summed E-state index contributed by atoms with van der Waals surface area (Å²) < 4.78 is 5.15. The Kier molecular flexibility index (Phi) is 4.42. The molecule has 0 aliphatic heterocycles. The Hall–Kier alpha value is -1.91. The van der Waals surface area contributed by atoms with Crippen molar-refractivity contribution >= 4 is 17.6 Å². The van der Waals surface area contributed by atoms with Gasteiger partial charge in [-0.05, 0) is 33.8 Å². The number of Topliss-reactive ketones (excluding diaryl/α,β-unsaturated/α-hetero) is 1. The second-order valence-corrected chi connectivity index (χ2v) is 5.04. The molecule has 0 unspecified atom stereocenters. The van der Waals surface area contributed by atoms with E-state index in [9.17, 15) is 9.59 Å². The van der Waals surface area contributed by atoms with Crippen LogP contribution >= 0.6 is 0 Å². The van der Waals surface area contributed by atoms with Crippen molar-refractivity contribution < 1.29 is 14.3 Å². The van der Waals surface area contributed by atoms with Gasteiger partial charge in [-0.15, -0.1) is 0 Å². The van der Waals surface area contributed by atoms with E-state index in [4.69, 9.17) is 4.74 Å². The second kappa shape index (κ2) is 5.62. The monoisotopic (exact) mass is 250 g/mol. The summed E-state index contributed by atoms with van der Waals surface area (Å²) in [5.74, 6) is 0.00948. The number of rotatable bonds is 3. The number of aromatic nitrogens is 1. The van der Waals surface area contributed by atoms with Gasteiger partial charge in [-0.3, -0.25) is 15.1 Å². The summed E-state index contributed by atoms with van der Waals surface area (Å²) in [5.41, 5.74) is 0.669. The Labute approximate surface area is 107 Å². The summed E-state index contributed by atoms with van der Waals surface area (Å²) in [6, 6.07) is 1.64. The quantitative estimate of drug-likeness (QED) is 0.895. The Morgan fingerprint density at radius 1 is 1.39 bits per heavy atom. The molecule has 5 nitrogen and oxygen atoms in total. The number of hydrogen-bond donors (Lipinski definition) is 1. The molecule has 0 fully saturated rings. The summed E-state index contributed by atoms with van der Waals surface area (Å²) in [4.78, 5) is 26.7. The van der Waals surface area contributed by atoms with E-state index in [1.807, 2.05) is 0 Å². The zero-order valence-electron chi connectivity index (χ0n) is 11.1. The molecule has 0 bridgehead atoms. The molecule has 1 amide bonds. The number of ketones is 1. The molecule has 0 saturated heterocycles. The molecule has 1 N–H and O–H groups in total. The molecule has 0 spiro atoms.